The predicted molar refractivity (Wildman–Crippen MR) is 66.0 cm³/mol. The highest BCUT2D eigenvalue weighted by Gasteiger charge is 2.36. The lowest BCUT2D eigenvalue weighted by molar-refractivity contribution is -0.146. The van der Waals surface area contributed by atoms with Crippen molar-refractivity contribution >= 4 is 5.97 Å². The van der Waals surface area contributed by atoms with Gasteiger partial charge in [-0.1, -0.05) is 6.07 Å². The summed E-state index contributed by atoms with van der Waals surface area (Å²) in [5.41, 5.74) is 7.49. The fourth-order valence-electron chi connectivity index (χ4n) is 2.07. The summed E-state index contributed by atoms with van der Waals surface area (Å²) >= 11 is 0. The number of nitrogens with two attached hydrogens (primary N) is 1. The zero-order valence-corrected chi connectivity index (χ0v) is 11.0. The van der Waals surface area contributed by atoms with Crippen LogP contribution in [-0.4, -0.2) is 20.2 Å². The maximum absolute atomic E-state index is 11.7. The van der Waals surface area contributed by atoms with Gasteiger partial charge in [-0.15, -0.1) is 0 Å². The van der Waals surface area contributed by atoms with Crippen molar-refractivity contribution in [3.63, 3.8) is 0 Å². The first-order valence-corrected chi connectivity index (χ1v) is 5.37. The van der Waals surface area contributed by atoms with E-state index < -0.39 is 11.5 Å². The molecule has 0 aromatic heterocycles. The number of carbonyl (C=O) groups excluding carboxylic acids is 1. The van der Waals surface area contributed by atoms with Gasteiger partial charge in [0.25, 0.3) is 0 Å². The van der Waals surface area contributed by atoms with Crippen molar-refractivity contribution in [3.05, 3.63) is 28.8 Å². The Morgan fingerprint density at radius 2 is 1.88 bits per heavy atom. The summed E-state index contributed by atoms with van der Waals surface area (Å²) in [5.74, 6) is 0.126. The predicted octanol–water partition coefficient (Wildman–Crippen LogP) is 1.66. The topological polar surface area (TPSA) is 61.5 Å². The highest BCUT2D eigenvalue weighted by atomic mass is 16.5. The van der Waals surface area contributed by atoms with Crippen LogP contribution in [0.3, 0.4) is 0 Å². The number of esters is 1. The molecule has 1 rings (SSSR count). The SMILES string of the molecule is COC(=O)[C@@](C)(N)c1c(C)cc(C)cc1OC. The molecule has 0 bridgehead atoms. The molecule has 0 aliphatic rings. The normalized spacial score (nSPS) is 14.0. The smallest absolute Gasteiger partial charge is 0.330 e. The van der Waals surface area contributed by atoms with E-state index in [1.165, 1.54) is 7.11 Å². The van der Waals surface area contributed by atoms with Gasteiger partial charge in [0.05, 0.1) is 14.2 Å². The van der Waals surface area contributed by atoms with Crippen molar-refractivity contribution < 1.29 is 14.3 Å². The Morgan fingerprint density at radius 1 is 1.29 bits per heavy atom. The lowest BCUT2D eigenvalue weighted by Crippen LogP contribution is -2.43. The Morgan fingerprint density at radius 3 is 2.35 bits per heavy atom. The number of carbonyl (C=O) groups is 1. The van der Waals surface area contributed by atoms with Gasteiger partial charge in [-0.05, 0) is 38.0 Å². The van der Waals surface area contributed by atoms with Gasteiger partial charge in [0, 0.05) is 5.56 Å². The van der Waals surface area contributed by atoms with E-state index in [4.69, 9.17) is 15.2 Å². The van der Waals surface area contributed by atoms with Crippen molar-refractivity contribution in [2.24, 2.45) is 5.73 Å². The standard InChI is InChI=1S/C13H19NO3/c1-8-6-9(2)11(10(7-8)16-4)13(3,14)12(15)17-5/h6-7H,14H2,1-5H3/t13-/m0/s1. The summed E-state index contributed by atoms with van der Waals surface area (Å²) in [6.45, 7) is 5.49. The Labute approximate surface area is 102 Å². The molecule has 4 nitrogen and oxygen atoms in total. The van der Waals surface area contributed by atoms with Gasteiger partial charge in [0.1, 0.15) is 11.3 Å². The molecule has 2 N–H and O–H groups in total. The molecule has 17 heavy (non-hydrogen) atoms. The summed E-state index contributed by atoms with van der Waals surface area (Å²) in [6.07, 6.45) is 0. The van der Waals surface area contributed by atoms with E-state index in [1.807, 2.05) is 26.0 Å². The maximum Gasteiger partial charge on any atom is 0.330 e. The fourth-order valence-corrected chi connectivity index (χ4v) is 2.07. The van der Waals surface area contributed by atoms with Crippen molar-refractivity contribution in [3.8, 4) is 5.75 Å². The minimum atomic E-state index is -1.21. The molecule has 0 saturated heterocycles. The molecular formula is C13H19NO3. The third-order valence-corrected chi connectivity index (χ3v) is 2.79. The average molecular weight is 237 g/mol. The van der Waals surface area contributed by atoms with Crippen LogP contribution in [0, 0.1) is 13.8 Å². The minimum absolute atomic E-state index is 0.484. The quantitative estimate of drug-likeness (QED) is 0.812. The third kappa shape index (κ3) is 2.42. The van der Waals surface area contributed by atoms with Gasteiger partial charge in [-0.25, -0.2) is 4.79 Å². The number of methoxy groups -OCH3 is 2. The Balaban J connectivity index is 3.44. The largest absolute Gasteiger partial charge is 0.496 e. The number of hydrogen-bond acceptors (Lipinski definition) is 4. The second-order valence-corrected chi connectivity index (χ2v) is 4.35. The molecule has 0 radical (unpaired) electrons. The first kappa shape index (κ1) is 13.5. The van der Waals surface area contributed by atoms with Crippen LogP contribution in [0.1, 0.15) is 23.6 Å². The highest BCUT2D eigenvalue weighted by molar-refractivity contribution is 5.83. The molecule has 0 heterocycles. The monoisotopic (exact) mass is 237 g/mol. The summed E-state index contributed by atoms with van der Waals surface area (Å²) in [7, 11) is 2.88. The van der Waals surface area contributed by atoms with E-state index in [1.54, 1.807) is 14.0 Å². The van der Waals surface area contributed by atoms with Crippen LogP contribution in [-0.2, 0) is 15.1 Å². The van der Waals surface area contributed by atoms with Gasteiger partial charge < -0.3 is 15.2 Å². The number of benzene rings is 1. The van der Waals surface area contributed by atoms with E-state index in [2.05, 4.69) is 0 Å². The van der Waals surface area contributed by atoms with Crippen molar-refractivity contribution in [2.75, 3.05) is 14.2 Å². The zero-order chi connectivity index (χ0) is 13.2. The third-order valence-electron chi connectivity index (χ3n) is 2.79. The van der Waals surface area contributed by atoms with E-state index >= 15 is 0 Å². The Kier molecular flexibility index (Phi) is 3.78. The number of hydrogen-bond donors (Lipinski definition) is 1. The fraction of sp³-hybridized carbons (Fsp3) is 0.462. The molecule has 1 aromatic rings. The molecule has 0 saturated carbocycles. The molecule has 0 aliphatic heterocycles. The summed E-state index contributed by atoms with van der Waals surface area (Å²) in [4.78, 5) is 11.7. The van der Waals surface area contributed by atoms with Crippen molar-refractivity contribution in [1.82, 2.24) is 0 Å². The maximum atomic E-state index is 11.7. The molecular weight excluding hydrogens is 218 g/mol. The van der Waals surface area contributed by atoms with Crippen molar-refractivity contribution in [1.29, 1.82) is 0 Å². The van der Waals surface area contributed by atoms with E-state index in [9.17, 15) is 4.79 Å². The number of rotatable bonds is 3. The Hall–Kier alpha value is -1.55. The summed E-state index contributed by atoms with van der Waals surface area (Å²) in [5, 5.41) is 0. The first-order valence-electron chi connectivity index (χ1n) is 5.37. The second-order valence-electron chi connectivity index (χ2n) is 4.35. The van der Waals surface area contributed by atoms with E-state index in [-0.39, 0.29) is 0 Å². The van der Waals surface area contributed by atoms with Gasteiger partial charge in [0.2, 0.25) is 0 Å². The van der Waals surface area contributed by atoms with E-state index in [0.717, 1.165) is 11.1 Å². The van der Waals surface area contributed by atoms with Crippen LogP contribution in [0.25, 0.3) is 0 Å². The van der Waals surface area contributed by atoms with Crippen LogP contribution in [0.15, 0.2) is 12.1 Å². The molecule has 0 spiro atoms. The molecule has 4 heteroatoms. The zero-order valence-electron chi connectivity index (χ0n) is 11.0. The van der Waals surface area contributed by atoms with Crippen LogP contribution in [0.2, 0.25) is 0 Å². The summed E-state index contributed by atoms with van der Waals surface area (Å²) < 4.78 is 10.0. The molecule has 1 atom stereocenters. The van der Waals surface area contributed by atoms with Gasteiger partial charge in [-0.3, -0.25) is 0 Å². The lowest BCUT2D eigenvalue weighted by Gasteiger charge is -2.26. The molecule has 0 fully saturated rings. The Bertz CT molecular complexity index is 439. The second kappa shape index (κ2) is 4.75. The summed E-state index contributed by atoms with van der Waals surface area (Å²) in [6, 6.07) is 3.82. The van der Waals surface area contributed by atoms with Gasteiger partial charge >= 0.3 is 5.97 Å². The van der Waals surface area contributed by atoms with Crippen LogP contribution in [0.5, 0.6) is 5.75 Å². The van der Waals surface area contributed by atoms with E-state index in [0.29, 0.717) is 11.3 Å². The van der Waals surface area contributed by atoms with Crippen LogP contribution >= 0.6 is 0 Å². The highest BCUT2D eigenvalue weighted by Crippen LogP contribution is 2.33. The first-order chi connectivity index (χ1) is 7.84. The number of aryl methyl sites for hydroxylation is 2. The van der Waals surface area contributed by atoms with Crippen LogP contribution in [0.4, 0.5) is 0 Å². The van der Waals surface area contributed by atoms with Crippen molar-refractivity contribution in [2.45, 2.75) is 26.3 Å². The lowest BCUT2D eigenvalue weighted by atomic mass is 9.87. The molecule has 94 valence electrons. The molecule has 0 unspecified atom stereocenters. The van der Waals surface area contributed by atoms with Crippen LogP contribution < -0.4 is 10.5 Å². The number of ether oxygens (including phenoxy) is 2. The van der Waals surface area contributed by atoms with Gasteiger partial charge in [-0.2, -0.15) is 0 Å². The average Bonchev–Trinajstić information content (AvgIpc) is 2.25. The minimum Gasteiger partial charge on any atom is -0.496 e. The molecule has 1 aromatic carbocycles. The van der Waals surface area contributed by atoms with Gasteiger partial charge in [0.15, 0.2) is 0 Å². The molecule has 0 aliphatic carbocycles. The molecule has 0 amide bonds.